The fourth-order valence-corrected chi connectivity index (χ4v) is 4.72. The monoisotopic (exact) mass is 507 g/mol. The third-order valence-corrected chi connectivity index (χ3v) is 6.59. The van der Waals surface area contributed by atoms with Crippen molar-refractivity contribution < 1.29 is 24.2 Å². The summed E-state index contributed by atoms with van der Waals surface area (Å²) in [5.74, 6) is -0.878. The molecule has 0 spiro atoms. The van der Waals surface area contributed by atoms with Gasteiger partial charge in [-0.25, -0.2) is 4.79 Å². The fraction of sp³-hybridized carbons (Fsp3) is 0.148. The number of rotatable bonds is 9. The minimum atomic E-state index is -1.00. The van der Waals surface area contributed by atoms with Crippen molar-refractivity contribution in [3.63, 3.8) is 0 Å². The number of aromatic carboxylic acids is 1. The molecule has 35 heavy (non-hydrogen) atoms. The molecule has 0 aliphatic carbocycles. The van der Waals surface area contributed by atoms with Crippen LogP contribution in [0.1, 0.15) is 33.5 Å². The maximum Gasteiger partial charge on any atom is 0.335 e. The van der Waals surface area contributed by atoms with Gasteiger partial charge in [-0.3, -0.25) is 14.5 Å². The largest absolute Gasteiger partial charge is 0.487 e. The molecule has 1 N–H and O–H groups in total. The Balaban J connectivity index is 1.37. The first-order valence-corrected chi connectivity index (χ1v) is 12.1. The van der Waals surface area contributed by atoms with Crippen LogP contribution in [0.15, 0.2) is 77.7 Å². The quantitative estimate of drug-likeness (QED) is 0.343. The highest BCUT2D eigenvalue weighted by molar-refractivity contribution is 8.18. The highest BCUT2D eigenvalue weighted by Gasteiger charge is 2.34. The number of carbonyl (C=O) groups excluding carboxylic acids is 2. The van der Waals surface area contributed by atoms with E-state index in [9.17, 15) is 14.4 Å². The molecule has 0 aromatic heterocycles. The smallest absolute Gasteiger partial charge is 0.335 e. The van der Waals surface area contributed by atoms with Gasteiger partial charge in [0.1, 0.15) is 12.4 Å². The second kappa shape index (κ2) is 11.3. The first-order valence-electron chi connectivity index (χ1n) is 10.9. The summed E-state index contributed by atoms with van der Waals surface area (Å²) < 4.78 is 5.74. The van der Waals surface area contributed by atoms with Gasteiger partial charge in [0.2, 0.25) is 0 Å². The summed E-state index contributed by atoms with van der Waals surface area (Å²) in [6.07, 6.45) is 3.13. The van der Waals surface area contributed by atoms with Gasteiger partial charge in [-0.1, -0.05) is 60.1 Å². The van der Waals surface area contributed by atoms with E-state index in [1.165, 1.54) is 16.5 Å². The molecule has 2 amide bonds. The molecule has 3 aromatic carbocycles. The van der Waals surface area contributed by atoms with Gasteiger partial charge in [0.05, 0.1) is 15.5 Å². The van der Waals surface area contributed by atoms with Crippen molar-refractivity contribution in [2.24, 2.45) is 0 Å². The number of hydrogen-bond acceptors (Lipinski definition) is 5. The zero-order valence-corrected chi connectivity index (χ0v) is 20.2. The van der Waals surface area contributed by atoms with Crippen LogP contribution in [0.5, 0.6) is 5.75 Å². The number of carboxylic acid groups (broad SMARTS) is 1. The van der Waals surface area contributed by atoms with Crippen LogP contribution >= 0.6 is 23.4 Å². The van der Waals surface area contributed by atoms with Crippen LogP contribution in [-0.2, 0) is 17.8 Å². The summed E-state index contributed by atoms with van der Waals surface area (Å²) in [6.45, 7) is 0.523. The van der Waals surface area contributed by atoms with Gasteiger partial charge in [-0.2, -0.15) is 0 Å². The lowest BCUT2D eigenvalue weighted by Crippen LogP contribution is -2.29. The van der Waals surface area contributed by atoms with E-state index in [1.54, 1.807) is 42.5 Å². The Kier molecular flexibility index (Phi) is 7.90. The Bertz CT molecular complexity index is 1290. The average Bonchev–Trinajstić information content (AvgIpc) is 3.11. The van der Waals surface area contributed by atoms with E-state index < -0.39 is 5.97 Å². The van der Waals surface area contributed by atoms with E-state index in [2.05, 4.69) is 0 Å². The molecular formula is C27H22ClNO5S. The van der Waals surface area contributed by atoms with Crippen molar-refractivity contribution in [2.75, 3.05) is 6.54 Å². The van der Waals surface area contributed by atoms with Gasteiger partial charge >= 0.3 is 5.97 Å². The van der Waals surface area contributed by atoms with Crippen LogP contribution in [0, 0.1) is 0 Å². The Hall–Kier alpha value is -3.55. The molecular weight excluding hydrogens is 486 g/mol. The minimum absolute atomic E-state index is 0.155. The maximum atomic E-state index is 12.8. The van der Waals surface area contributed by atoms with E-state index in [-0.39, 0.29) is 23.3 Å². The molecule has 4 rings (SSSR count). The lowest BCUT2D eigenvalue weighted by molar-refractivity contribution is -0.122. The average molecular weight is 508 g/mol. The first-order chi connectivity index (χ1) is 16.9. The SMILES string of the molecule is O=C(O)c1cccc(COc2ccc(/C=C3/SC(=O)N(CCCc4ccccc4)C3=O)cc2Cl)c1. The number of nitrogens with zero attached hydrogens (tertiary/aromatic N) is 1. The molecule has 0 radical (unpaired) electrons. The van der Waals surface area contributed by atoms with Crippen LogP contribution in [0.2, 0.25) is 5.02 Å². The van der Waals surface area contributed by atoms with E-state index in [0.29, 0.717) is 39.8 Å². The molecule has 1 saturated heterocycles. The van der Waals surface area contributed by atoms with Crippen LogP contribution in [-0.4, -0.2) is 33.7 Å². The zero-order valence-electron chi connectivity index (χ0n) is 18.6. The van der Waals surface area contributed by atoms with Crippen molar-refractivity contribution in [2.45, 2.75) is 19.4 Å². The number of hydrogen-bond donors (Lipinski definition) is 1. The maximum absolute atomic E-state index is 12.8. The zero-order chi connectivity index (χ0) is 24.8. The van der Waals surface area contributed by atoms with Gasteiger partial charge < -0.3 is 9.84 Å². The normalized spacial score (nSPS) is 14.5. The summed E-state index contributed by atoms with van der Waals surface area (Å²) in [6, 6.07) is 21.5. The standard InChI is InChI=1S/C27H22ClNO5S/c28-22-15-19(11-12-23(22)34-17-20-8-4-10-21(14-20)26(31)32)16-24-25(30)29(27(33)35-24)13-5-9-18-6-2-1-3-7-18/h1-4,6-8,10-12,14-16H,5,9,13,17H2,(H,31,32)/b24-16+. The highest BCUT2D eigenvalue weighted by Crippen LogP contribution is 2.34. The molecule has 0 atom stereocenters. The van der Waals surface area contributed by atoms with Crippen LogP contribution in [0.25, 0.3) is 6.08 Å². The Labute approximate surface area is 212 Å². The topological polar surface area (TPSA) is 83.9 Å². The molecule has 178 valence electrons. The lowest BCUT2D eigenvalue weighted by atomic mass is 10.1. The molecule has 0 unspecified atom stereocenters. The number of carbonyl (C=O) groups is 3. The molecule has 3 aromatic rings. The molecule has 0 bridgehead atoms. The van der Waals surface area contributed by atoms with Gasteiger partial charge in [0.15, 0.2) is 0 Å². The number of aryl methyl sites for hydroxylation is 1. The molecule has 1 aliphatic rings. The number of carboxylic acids is 1. The van der Waals surface area contributed by atoms with Gasteiger partial charge in [0.25, 0.3) is 11.1 Å². The number of ether oxygens (including phenoxy) is 1. The van der Waals surface area contributed by atoms with E-state index in [1.807, 2.05) is 30.3 Å². The van der Waals surface area contributed by atoms with Crippen LogP contribution in [0.3, 0.4) is 0 Å². The van der Waals surface area contributed by atoms with E-state index in [4.69, 9.17) is 21.4 Å². The number of benzene rings is 3. The summed E-state index contributed by atoms with van der Waals surface area (Å²) in [5.41, 5.74) is 2.72. The van der Waals surface area contributed by atoms with Crippen LogP contribution in [0.4, 0.5) is 4.79 Å². The Morgan fingerprint density at radius 3 is 2.51 bits per heavy atom. The second-order valence-corrected chi connectivity index (χ2v) is 9.31. The molecule has 6 nitrogen and oxygen atoms in total. The molecule has 8 heteroatoms. The van der Waals surface area contributed by atoms with Crippen molar-refractivity contribution in [1.29, 1.82) is 0 Å². The fourth-order valence-electron chi connectivity index (χ4n) is 3.61. The number of thioether (sulfide) groups is 1. The van der Waals surface area contributed by atoms with Gasteiger partial charge in [-0.15, -0.1) is 0 Å². The summed E-state index contributed by atoms with van der Waals surface area (Å²) in [7, 11) is 0. The van der Waals surface area contributed by atoms with E-state index >= 15 is 0 Å². The number of imide groups is 1. The van der Waals surface area contributed by atoms with Crippen molar-refractivity contribution in [3.05, 3.63) is 105 Å². The van der Waals surface area contributed by atoms with Gasteiger partial charge in [0, 0.05) is 6.54 Å². The van der Waals surface area contributed by atoms with Crippen molar-refractivity contribution in [1.82, 2.24) is 4.90 Å². The predicted molar refractivity (Wildman–Crippen MR) is 137 cm³/mol. The third-order valence-electron chi connectivity index (χ3n) is 5.39. The second-order valence-electron chi connectivity index (χ2n) is 7.91. The number of amides is 2. The Morgan fingerprint density at radius 2 is 1.77 bits per heavy atom. The van der Waals surface area contributed by atoms with Gasteiger partial charge in [-0.05, 0) is 71.6 Å². The Morgan fingerprint density at radius 1 is 1.00 bits per heavy atom. The van der Waals surface area contributed by atoms with Crippen molar-refractivity contribution >= 4 is 46.6 Å². The number of halogens is 1. The molecule has 1 heterocycles. The van der Waals surface area contributed by atoms with Crippen LogP contribution < -0.4 is 4.74 Å². The molecule has 0 saturated carbocycles. The van der Waals surface area contributed by atoms with E-state index in [0.717, 1.165) is 18.2 Å². The molecule has 1 fully saturated rings. The third kappa shape index (κ3) is 6.32. The lowest BCUT2D eigenvalue weighted by Gasteiger charge is -2.12. The first kappa shape index (κ1) is 24.6. The predicted octanol–water partition coefficient (Wildman–Crippen LogP) is 6.29. The molecule has 1 aliphatic heterocycles. The summed E-state index contributed by atoms with van der Waals surface area (Å²) in [4.78, 5) is 37.9. The summed E-state index contributed by atoms with van der Waals surface area (Å²) in [5, 5.41) is 9.18. The highest BCUT2D eigenvalue weighted by atomic mass is 35.5. The minimum Gasteiger partial charge on any atom is -0.487 e. The summed E-state index contributed by atoms with van der Waals surface area (Å²) >= 11 is 7.29. The van der Waals surface area contributed by atoms with Crippen molar-refractivity contribution in [3.8, 4) is 5.75 Å².